The largest absolute Gasteiger partial charge is 0.124 e. The summed E-state index contributed by atoms with van der Waals surface area (Å²) < 4.78 is 0. The summed E-state index contributed by atoms with van der Waals surface area (Å²) >= 11 is 0. The Balaban J connectivity index is -0.00000000500. The van der Waals surface area contributed by atoms with Gasteiger partial charge in [0.2, 0.25) is 0 Å². The van der Waals surface area contributed by atoms with Crippen LogP contribution in [0.15, 0.2) is 0 Å². The summed E-state index contributed by atoms with van der Waals surface area (Å²) in [4.78, 5) is 0. The maximum absolute atomic E-state index is 4.00. The van der Waals surface area contributed by atoms with Crippen molar-refractivity contribution in [1.29, 1.82) is 0 Å². The second-order valence-corrected chi connectivity index (χ2v) is 0. The number of nitrogens with zero attached hydrogens (tertiary/aromatic N) is 1. The molecule has 0 saturated heterocycles. The third-order valence-electron chi connectivity index (χ3n) is 0. The van der Waals surface area contributed by atoms with E-state index in [1.807, 2.05) is 0 Å². The number of rotatable bonds is 0. The van der Waals surface area contributed by atoms with E-state index < -0.39 is 0 Å². The van der Waals surface area contributed by atoms with Crippen molar-refractivity contribution in [2.24, 2.45) is 0 Å². The molecule has 0 amide bonds. The van der Waals surface area contributed by atoms with Gasteiger partial charge in [0.05, 0.1) is 0 Å². The van der Waals surface area contributed by atoms with Crippen LogP contribution >= 0.6 is 0 Å². The summed E-state index contributed by atoms with van der Waals surface area (Å²) in [6.45, 7) is 0. The standard InChI is InChI=1S/C2H2.Ar.N/c1-2;;/h1-2H;;. The van der Waals surface area contributed by atoms with Gasteiger partial charge >= 0.3 is 0 Å². The molecule has 0 atom stereocenters. The molecule has 0 rings (SSSR count). The van der Waals surface area contributed by atoms with E-state index in [0.29, 0.717) is 0 Å². The molecule has 0 fully saturated rings. The molecule has 0 bridgehead atoms. The zero-order valence-corrected chi connectivity index (χ0v) is 2.66. The second kappa shape index (κ2) is 48.0. The summed E-state index contributed by atoms with van der Waals surface area (Å²) in [6.07, 6.45) is 8.00. The predicted octanol–water partition coefficient (Wildman–Crippen LogP) is -0.231. The third kappa shape index (κ3) is 14.5. The van der Waals surface area contributed by atoms with Crippen molar-refractivity contribution in [2.75, 3.05) is 0 Å². The van der Waals surface area contributed by atoms with Gasteiger partial charge in [-0.15, -0.1) is 12.8 Å². The zero-order chi connectivity index (χ0) is 2.00. The van der Waals surface area contributed by atoms with Crippen molar-refractivity contribution in [3.05, 3.63) is 0 Å². The first kappa shape index (κ1) is 21.6. The number of terminal acetylenes is 1. The molecule has 2 heteroatoms. The van der Waals surface area contributed by atoms with Crippen molar-refractivity contribution in [2.45, 2.75) is 0 Å². The molecule has 4 heavy (non-hydrogen) atoms. The van der Waals surface area contributed by atoms with Crippen molar-refractivity contribution < 1.29 is 37.7 Å². The van der Waals surface area contributed by atoms with E-state index in [1.165, 1.54) is 0 Å². The summed E-state index contributed by atoms with van der Waals surface area (Å²) in [7, 11) is 0. The Labute approximate surface area is 56.4 Å². The normalized spacial score (nSPS) is 0.500. The van der Waals surface area contributed by atoms with E-state index >= 15 is 0 Å². The van der Waals surface area contributed by atoms with Gasteiger partial charge in [-0.25, -0.2) is 0 Å². The van der Waals surface area contributed by atoms with Gasteiger partial charge in [-0.05, 0) is 0 Å². The van der Waals surface area contributed by atoms with E-state index in [0.717, 1.165) is 0 Å². The Bertz CT molecular complexity index is 10.8. The molecule has 0 saturated carbocycles. The van der Waals surface area contributed by atoms with Crippen LogP contribution in [0.5, 0.6) is 0 Å². The molecule has 0 N–H and O–H groups in total. The Morgan fingerprint density at radius 3 is 1.00 bits per heavy atom. The molecule has 23 valence electrons. The topological polar surface area (TPSA) is 30.5 Å². The predicted molar refractivity (Wildman–Crippen MR) is 12.0 cm³/mol. The minimum Gasteiger partial charge on any atom is -0.124 e. The molecule has 0 heterocycles. The van der Waals surface area contributed by atoms with Gasteiger partial charge in [-0.1, -0.05) is 0 Å². The van der Waals surface area contributed by atoms with Gasteiger partial charge in [0.1, 0.15) is 0 Å². The molecule has 0 aromatic carbocycles. The molecule has 0 unspecified atom stereocenters. The molecule has 0 aliphatic rings. The van der Waals surface area contributed by atoms with Crippen LogP contribution in [0.4, 0.5) is 0 Å². The van der Waals surface area contributed by atoms with Crippen LogP contribution in [0.1, 0.15) is 0 Å². The molecular formula is C2H2ArN. The van der Waals surface area contributed by atoms with Crippen LogP contribution in [0, 0.1) is 50.6 Å². The van der Waals surface area contributed by atoms with Crippen LogP contribution in [-0.2, 0) is 0 Å². The molecule has 0 spiro atoms. The van der Waals surface area contributed by atoms with Gasteiger partial charge in [-0.2, -0.15) is 0 Å². The fourth-order valence-corrected chi connectivity index (χ4v) is 0. The quantitative estimate of drug-likeness (QED) is 0.360. The van der Waals surface area contributed by atoms with E-state index in [4.69, 9.17) is 0 Å². The second-order valence-electron chi connectivity index (χ2n) is 0. The minimum atomic E-state index is 0. The van der Waals surface area contributed by atoms with E-state index in [2.05, 4.69) is 12.8 Å². The van der Waals surface area contributed by atoms with E-state index in [9.17, 15) is 0 Å². The monoisotopic (exact) mass is 80.0 g/mol. The fourth-order valence-electron chi connectivity index (χ4n) is 0. The van der Waals surface area contributed by atoms with Crippen molar-refractivity contribution >= 4 is 0 Å². The van der Waals surface area contributed by atoms with Gasteiger partial charge in [-0.3, -0.25) is 0 Å². The third-order valence-corrected chi connectivity index (χ3v) is 0. The molecule has 0 aliphatic carbocycles. The first-order valence-corrected chi connectivity index (χ1v) is 0.333. The van der Waals surface area contributed by atoms with Crippen LogP contribution in [0.25, 0.3) is 0 Å². The average Bonchev–Trinajstić information content (AvgIpc) is 1.00. The minimum absolute atomic E-state index is 0. The summed E-state index contributed by atoms with van der Waals surface area (Å²) in [5.74, 6) is 0. The van der Waals surface area contributed by atoms with Gasteiger partial charge < -0.3 is 0 Å². The molecule has 1 nitrogen and oxygen atoms in total. The maximum atomic E-state index is 4.00. The van der Waals surface area contributed by atoms with Gasteiger partial charge in [0.15, 0.2) is 0 Å². The fraction of sp³-hybridized carbons (Fsp3) is 0. The summed E-state index contributed by atoms with van der Waals surface area (Å²) in [5.41, 5.74) is 0. The summed E-state index contributed by atoms with van der Waals surface area (Å²) in [5, 5.41) is 0. The van der Waals surface area contributed by atoms with Crippen molar-refractivity contribution in [1.82, 2.24) is 6.15 Å². The molecule has 3 radical (unpaired) electrons. The maximum Gasteiger partial charge on any atom is 0 e. The van der Waals surface area contributed by atoms with E-state index in [1.54, 1.807) is 0 Å². The number of hydrogen-bond donors (Lipinski definition) is 0. The first-order chi connectivity index (χ1) is 1.00. The van der Waals surface area contributed by atoms with Crippen molar-refractivity contribution in [3.63, 3.8) is 0 Å². The smallest absolute Gasteiger partial charge is 0 e. The SMILES string of the molecule is C#C.[Ar].[N]. The summed E-state index contributed by atoms with van der Waals surface area (Å²) in [6, 6.07) is 0. The van der Waals surface area contributed by atoms with E-state index in [-0.39, 0.29) is 43.9 Å². The Kier molecular flexibility index (Phi) is 259. The Hall–Kier alpha value is 0.780. The molecular weight excluding hydrogens is 78.0 g/mol. The Morgan fingerprint density at radius 2 is 1.00 bits per heavy atom. The molecule has 0 aromatic rings. The van der Waals surface area contributed by atoms with Crippen LogP contribution in [0.3, 0.4) is 0 Å². The van der Waals surface area contributed by atoms with Crippen LogP contribution in [-0.4, -0.2) is 0 Å². The first-order valence-electron chi connectivity index (χ1n) is 0.333. The number of hydrogen-bond acceptors (Lipinski definition) is 0. The van der Waals surface area contributed by atoms with Gasteiger partial charge in [0, 0.05) is 43.9 Å². The van der Waals surface area contributed by atoms with Crippen LogP contribution in [0.2, 0.25) is 0 Å². The molecule has 0 aromatic heterocycles. The Morgan fingerprint density at radius 1 is 1.00 bits per heavy atom. The average molecular weight is 80.0 g/mol. The molecule has 0 aliphatic heterocycles. The van der Waals surface area contributed by atoms with Gasteiger partial charge in [0.25, 0.3) is 0 Å². The zero-order valence-electron chi connectivity index (χ0n) is 1.96. The van der Waals surface area contributed by atoms with Crippen molar-refractivity contribution in [3.8, 4) is 12.8 Å². The van der Waals surface area contributed by atoms with Crippen LogP contribution < -0.4 is 6.15 Å².